The Morgan fingerprint density at radius 3 is 2.38 bits per heavy atom. The van der Waals surface area contributed by atoms with Gasteiger partial charge in [-0.15, -0.1) is 0 Å². The molecule has 2 saturated heterocycles. The van der Waals surface area contributed by atoms with Crippen LogP contribution in [0.15, 0.2) is 34.2 Å². The maximum Gasteiger partial charge on any atom is 0.313 e. The van der Waals surface area contributed by atoms with Gasteiger partial charge in [0.1, 0.15) is 0 Å². The highest BCUT2D eigenvalue weighted by molar-refractivity contribution is 7.89. The van der Waals surface area contributed by atoms with E-state index in [0.29, 0.717) is 58.4 Å². The molecule has 3 fully saturated rings. The number of rotatable bonds is 13. The fraction of sp³-hybridized carbons (Fsp3) is 0.545. The molecule has 1 aromatic carbocycles. The zero-order chi connectivity index (χ0) is 37.7. The Kier molecular flexibility index (Phi) is 11.9. The number of hydrogen-bond acceptors (Lipinski definition) is 11. The van der Waals surface area contributed by atoms with Gasteiger partial charge in [-0.3, -0.25) is 19.2 Å². The first kappa shape index (κ1) is 38.7. The highest BCUT2D eigenvalue weighted by Gasteiger charge is 2.47. The molecule has 1 saturated carbocycles. The van der Waals surface area contributed by atoms with E-state index in [-0.39, 0.29) is 63.9 Å². The van der Waals surface area contributed by atoms with Crippen molar-refractivity contribution in [3.05, 3.63) is 40.7 Å². The highest BCUT2D eigenvalue weighted by Crippen LogP contribution is 2.42. The molecule has 3 amide bonds. The molecule has 5 rings (SSSR count). The molecule has 19 heteroatoms. The van der Waals surface area contributed by atoms with Crippen molar-refractivity contribution in [1.29, 1.82) is 0 Å². The van der Waals surface area contributed by atoms with Gasteiger partial charge in [0.25, 0.3) is 11.8 Å². The van der Waals surface area contributed by atoms with E-state index in [1.165, 1.54) is 18.2 Å². The number of nitrogens with two attached hydrogens (primary N) is 2. The first-order chi connectivity index (χ1) is 24.7. The second-order valence-electron chi connectivity index (χ2n) is 13.4. The summed E-state index contributed by atoms with van der Waals surface area (Å²) in [4.78, 5) is 66.9. The molecular formula is C33H45ClN10O7S. The van der Waals surface area contributed by atoms with E-state index in [1.807, 2.05) is 13.8 Å². The molecule has 3 aliphatic rings. The van der Waals surface area contributed by atoms with Gasteiger partial charge in [0.2, 0.25) is 10.0 Å². The average Bonchev–Trinajstić information content (AvgIpc) is 3.49. The molecule has 7 N–H and O–H groups in total. The van der Waals surface area contributed by atoms with Crippen LogP contribution in [0.4, 0.5) is 11.6 Å². The number of nitrogen functional groups attached to an aromatic ring is 2. The van der Waals surface area contributed by atoms with Crippen molar-refractivity contribution in [2.75, 3.05) is 57.3 Å². The molecule has 0 unspecified atom stereocenters. The summed E-state index contributed by atoms with van der Waals surface area (Å²) in [7, 11) is -4.10. The summed E-state index contributed by atoms with van der Waals surface area (Å²) in [6, 6.07) is 5.76. The number of aromatic nitrogens is 2. The van der Waals surface area contributed by atoms with Gasteiger partial charge in [0, 0.05) is 44.8 Å². The smallest absolute Gasteiger partial charge is 0.313 e. The van der Waals surface area contributed by atoms with Crippen LogP contribution in [0.1, 0.15) is 79.6 Å². The van der Waals surface area contributed by atoms with Gasteiger partial charge in [-0.25, -0.2) is 23.1 Å². The Hall–Kier alpha value is -4.55. The first-order valence-corrected chi connectivity index (χ1v) is 19.1. The van der Waals surface area contributed by atoms with Crippen molar-refractivity contribution in [2.45, 2.75) is 69.2 Å². The van der Waals surface area contributed by atoms with Gasteiger partial charge in [-0.2, -0.15) is 4.99 Å². The standard InChI is InChI=1S/C33H45ClN10O7S/c1-3-13-43(14-4-2)23(45)18-51-30(48)32(9-6-10-32)19-38-52(49,50)22-8-5-7-21(17-22)29(47)44-15-11-33(12-16-44)20-37-31(42-33)41-28(46)24-26(35)40-27(36)25(34)39-24/h5,7-8,17,38H,3-4,6,9-16,18-20H2,1-2H3,(H4,35,36,40)(H2,37,41,42,46). The summed E-state index contributed by atoms with van der Waals surface area (Å²) in [5.41, 5.74) is 9.79. The molecule has 17 nitrogen and oxygen atoms in total. The number of nitrogens with zero attached hydrogens (tertiary/aromatic N) is 5. The number of anilines is 2. The number of amides is 3. The van der Waals surface area contributed by atoms with Crippen molar-refractivity contribution >= 4 is 62.9 Å². The summed E-state index contributed by atoms with van der Waals surface area (Å²) in [6.07, 6.45) is 4.19. The summed E-state index contributed by atoms with van der Waals surface area (Å²) >= 11 is 5.89. The zero-order valence-corrected chi connectivity index (χ0v) is 30.8. The normalized spacial score (nSPS) is 18.3. The lowest BCUT2D eigenvalue weighted by Gasteiger charge is -2.39. The van der Waals surface area contributed by atoms with E-state index < -0.39 is 32.9 Å². The zero-order valence-electron chi connectivity index (χ0n) is 29.2. The Labute approximate surface area is 307 Å². The molecule has 0 bridgehead atoms. The third kappa shape index (κ3) is 8.56. The minimum absolute atomic E-state index is 0.102. The average molecular weight is 761 g/mol. The van der Waals surface area contributed by atoms with Crippen molar-refractivity contribution in [2.24, 2.45) is 10.4 Å². The Morgan fingerprint density at radius 2 is 1.75 bits per heavy atom. The topological polar surface area (TPSA) is 244 Å². The third-order valence-electron chi connectivity index (χ3n) is 9.71. The number of ether oxygens (including phenoxy) is 1. The Morgan fingerprint density at radius 1 is 1.06 bits per heavy atom. The first-order valence-electron chi connectivity index (χ1n) is 17.3. The van der Waals surface area contributed by atoms with Crippen LogP contribution < -0.4 is 26.8 Å². The van der Waals surface area contributed by atoms with E-state index in [0.717, 1.165) is 19.3 Å². The van der Waals surface area contributed by atoms with Gasteiger partial charge in [-0.05, 0) is 56.7 Å². The molecule has 2 aliphatic heterocycles. The van der Waals surface area contributed by atoms with Crippen LogP contribution in [0.3, 0.4) is 0 Å². The van der Waals surface area contributed by atoms with E-state index >= 15 is 0 Å². The Bertz CT molecular complexity index is 1840. The largest absolute Gasteiger partial charge is 0.455 e. The van der Waals surface area contributed by atoms with Crippen molar-refractivity contribution in [1.82, 2.24) is 35.1 Å². The highest BCUT2D eigenvalue weighted by atomic mass is 35.5. The number of benzene rings is 1. The van der Waals surface area contributed by atoms with Crippen molar-refractivity contribution < 1.29 is 32.3 Å². The number of halogens is 1. The SMILES string of the molecule is CCCN(CCC)C(=O)COC(=O)C1(CNS(=O)(=O)c2cccc(C(=O)N3CCC4(CC3)CN/C(=N\C(=O)c3nc(Cl)c(N)nc3N)N4)c2)CCC1. The molecule has 52 heavy (non-hydrogen) atoms. The number of nitrogens with one attached hydrogen (secondary N) is 3. The van der Waals surface area contributed by atoms with Crippen LogP contribution in [0.5, 0.6) is 0 Å². The number of carbonyl (C=O) groups excluding carboxylic acids is 4. The molecule has 0 radical (unpaired) electrons. The maximum atomic E-state index is 13.5. The van der Waals surface area contributed by atoms with Gasteiger partial charge in [0.15, 0.2) is 35.0 Å². The lowest BCUT2D eigenvalue weighted by molar-refractivity contribution is -0.165. The summed E-state index contributed by atoms with van der Waals surface area (Å²) in [6.45, 7) is 5.66. The summed E-state index contributed by atoms with van der Waals surface area (Å²) in [5, 5.41) is 6.16. The molecule has 1 aromatic heterocycles. The molecule has 3 heterocycles. The minimum Gasteiger partial charge on any atom is -0.455 e. The number of piperidine rings is 1. The van der Waals surface area contributed by atoms with E-state index in [2.05, 4.69) is 30.3 Å². The fourth-order valence-electron chi connectivity index (χ4n) is 6.48. The number of esters is 1. The maximum absolute atomic E-state index is 13.5. The second kappa shape index (κ2) is 16.0. The number of hydrogen-bond donors (Lipinski definition) is 5. The number of guanidine groups is 1. The summed E-state index contributed by atoms with van der Waals surface area (Å²) in [5.74, 6) is -2.04. The number of likely N-dealkylation sites (tertiary alicyclic amines) is 1. The summed E-state index contributed by atoms with van der Waals surface area (Å²) < 4.78 is 34.7. The van der Waals surface area contributed by atoms with Crippen molar-refractivity contribution in [3.63, 3.8) is 0 Å². The van der Waals surface area contributed by atoms with Crippen LogP contribution in [-0.4, -0.2) is 109 Å². The monoisotopic (exact) mass is 760 g/mol. The van der Waals surface area contributed by atoms with E-state index in [9.17, 15) is 27.6 Å². The fourth-order valence-corrected chi connectivity index (χ4v) is 7.78. The van der Waals surface area contributed by atoms with E-state index in [1.54, 1.807) is 15.9 Å². The molecular weight excluding hydrogens is 716 g/mol. The van der Waals surface area contributed by atoms with Gasteiger partial charge < -0.3 is 36.6 Å². The minimum atomic E-state index is -4.10. The van der Waals surface area contributed by atoms with Gasteiger partial charge >= 0.3 is 11.9 Å². The predicted octanol–water partition coefficient (Wildman–Crippen LogP) is 1.30. The number of sulfonamides is 1. The number of carbonyl (C=O) groups is 4. The van der Waals surface area contributed by atoms with Gasteiger partial charge in [-0.1, -0.05) is 37.9 Å². The third-order valence-corrected chi connectivity index (χ3v) is 11.4. The number of aliphatic imine (C=N–C) groups is 1. The van der Waals surface area contributed by atoms with Crippen molar-refractivity contribution in [3.8, 4) is 0 Å². The van der Waals surface area contributed by atoms with Gasteiger partial charge in [0.05, 0.1) is 15.8 Å². The Balaban J connectivity index is 1.15. The van der Waals surface area contributed by atoms with Crippen LogP contribution in [0.2, 0.25) is 5.15 Å². The molecule has 282 valence electrons. The van der Waals surface area contributed by atoms with Crippen LogP contribution in [0.25, 0.3) is 0 Å². The lowest BCUT2D eigenvalue weighted by Crippen LogP contribution is -2.53. The second-order valence-corrected chi connectivity index (χ2v) is 15.5. The van der Waals surface area contributed by atoms with E-state index in [4.69, 9.17) is 27.8 Å². The molecule has 0 atom stereocenters. The quantitative estimate of drug-likeness (QED) is 0.181. The lowest BCUT2D eigenvalue weighted by atomic mass is 9.69. The molecule has 1 aliphatic carbocycles. The molecule has 2 aromatic rings. The van der Waals surface area contributed by atoms with Crippen LogP contribution >= 0.6 is 11.6 Å². The van der Waals surface area contributed by atoms with Crippen LogP contribution in [-0.2, 0) is 24.3 Å². The predicted molar refractivity (Wildman–Crippen MR) is 193 cm³/mol. The van der Waals surface area contributed by atoms with Crippen LogP contribution in [0, 0.1) is 5.41 Å². The molecule has 1 spiro atoms.